The average Bonchev–Trinajstić information content (AvgIpc) is 2.46. The van der Waals surface area contributed by atoms with Gasteiger partial charge < -0.3 is 15.2 Å². The van der Waals surface area contributed by atoms with E-state index in [2.05, 4.69) is 5.32 Å². The summed E-state index contributed by atoms with van der Waals surface area (Å²) >= 11 is 0. The van der Waals surface area contributed by atoms with Crippen LogP contribution in [0.1, 0.15) is 44.9 Å². The Balaban J connectivity index is 1.64. The third kappa shape index (κ3) is 4.47. The van der Waals surface area contributed by atoms with Crippen molar-refractivity contribution in [2.75, 3.05) is 19.8 Å². The van der Waals surface area contributed by atoms with Crippen molar-refractivity contribution in [2.45, 2.75) is 44.9 Å². The standard InChI is InChI=1S/C15H25NO4/c17-14(18)10-20-8-7-16-15(19)13-6-5-11-3-1-2-4-12(11)9-13/h11-13H,1-10H2,(H,16,19)(H,17,18). The van der Waals surface area contributed by atoms with Gasteiger partial charge in [0, 0.05) is 12.5 Å². The molecule has 2 aliphatic carbocycles. The summed E-state index contributed by atoms with van der Waals surface area (Å²) in [7, 11) is 0. The number of carbonyl (C=O) groups excluding carboxylic acids is 1. The number of rotatable bonds is 6. The Hall–Kier alpha value is -1.10. The number of aliphatic carboxylic acids is 1. The lowest BCUT2D eigenvalue weighted by Gasteiger charge is -2.38. The predicted octanol–water partition coefficient (Wildman–Crippen LogP) is 1.81. The molecule has 0 radical (unpaired) electrons. The summed E-state index contributed by atoms with van der Waals surface area (Å²) in [6.07, 6.45) is 8.55. The molecule has 2 aliphatic rings. The van der Waals surface area contributed by atoms with Gasteiger partial charge in [-0.1, -0.05) is 25.7 Å². The molecule has 0 spiro atoms. The lowest BCUT2D eigenvalue weighted by molar-refractivity contribution is -0.142. The Kier molecular flexibility index (Phi) is 5.83. The first-order valence-electron chi connectivity index (χ1n) is 7.74. The lowest BCUT2D eigenvalue weighted by Crippen LogP contribution is -2.38. The molecule has 0 saturated heterocycles. The highest BCUT2D eigenvalue weighted by Gasteiger charge is 2.34. The molecule has 3 unspecified atom stereocenters. The fourth-order valence-electron chi connectivity index (χ4n) is 3.66. The first kappa shape index (κ1) is 15.3. The van der Waals surface area contributed by atoms with E-state index in [1.807, 2.05) is 0 Å². The number of carboxylic acids is 1. The SMILES string of the molecule is O=C(O)COCCNC(=O)C1CCC2CCCCC2C1. The first-order chi connectivity index (χ1) is 9.66. The molecule has 114 valence electrons. The molecule has 1 amide bonds. The van der Waals surface area contributed by atoms with E-state index in [-0.39, 0.29) is 25.0 Å². The van der Waals surface area contributed by atoms with Gasteiger partial charge in [-0.2, -0.15) is 0 Å². The highest BCUT2D eigenvalue weighted by atomic mass is 16.5. The summed E-state index contributed by atoms with van der Waals surface area (Å²) < 4.78 is 4.90. The van der Waals surface area contributed by atoms with Gasteiger partial charge in [0.05, 0.1) is 6.61 Å². The van der Waals surface area contributed by atoms with Gasteiger partial charge in [0.25, 0.3) is 0 Å². The van der Waals surface area contributed by atoms with Crippen LogP contribution in [0.25, 0.3) is 0 Å². The van der Waals surface area contributed by atoms with E-state index in [9.17, 15) is 9.59 Å². The van der Waals surface area contributed by atoms with Crippen LogP contribution in [0.5, 0.6) is 0 Å². The van der Waals surface area contributed by atoms with Crippen molar-refractivity contribution in [1.29, 1.82) is 0 Å². The second kappa shape index (κ2) is 7.62. The van der Waals surface area contributed by atoms with Crippen molar-refractivity contribution >= 4 is 11.9 Å². The van der Waals surface area contributed by atoms with Crippen molar-refractivity contribution in [2.24, 2.45) is 17.8 Å². The van der Waals surface area contributed by atoms with Crippen LogP contribution in [0.4, 0.5) is 0 Å². The van der Waals surface area contributed by atoms with Crippen molar-refractivity contribution in [3.63, 3.8) is 0 Å². The van der Waals surface area contributed by atoms with Crippen molar-refractivity contribution in [3.05, 3.63) is 0 Å². The molecular formula is C15H25NO4. The van der Waals surface area contributed by atoms with Gasteiger partial charge in [0.15, 0.2) is 0 Å². The van der Waals surface area contributed by atoms with Crippen molar-refractivity contribution in [1.82, 2.24) is 5.32 Å². The average molecular weight is 283 g/mol. The summed E-state index contributed by atoms with van der Waals surface area (Å²) in [4.78, 5) is 22.4. The van der Waals surface area contributed by atoms with E-state index in [1.165, 1.54) is 32.1 Å². The molecule has 20 heavy (non-hydrogen) atoms. The molecule has 3 atom stereocenters. The molecule has 5 nitrogen and oxygen atoms in total. The number of fused-ring (bicyclic) bond motifs is 1. The molecule has 0 aliphatic heterocycles. The topological polar surface area (TPSA) is 75.6 Å². The fourth-order valence-corrected chi connectivity index (χ4v) is 3.66. The molecule has 5 heteroatoms. The van der Waals surface area contributed by atoms with Gasteiger partial charge in [0.2, 0.25) is 5.91 Å². The third-order valence-corrected chi connectivity index (χ3v) is 4.68. The number of amides is 1. The summed E-state index contributed by atoms with van der Waals surface area (Å²) in [6.45, 7) is 0.358. The highest BCUT2D eigenvalue weighted by molar-refractivity contribution is 5.78. The Morgan fingerprint density at radius 3 is 2.60 bits per heavy atom. The highest BCUT2D eigenvalue weighted by Crippen LogP contribution is 2.42. The quantitative estimate of drug-likeness (QED) is 0.729. The van der Waals surface area contributed by atoms with E-state index in [0.29, 0.717) is 6.54 Å². The summed E-state index contributed by atoms with van der Waals surface area (Å²) in [6, 6.07) is 0. The fraction of sp³-hybridized carbons (Fsp3) is 0.867. The zero-order valence-electron chi connectivity index (χ0n) is 12.0. The number of nitrogens with one attached hydrogen (secondary N) is 1. The Morgan fingerprint density at radius 1 is 1.10 bits per heavy atom. The molecule has 2 rings (SSSR count). The van der Waals surface area contributed by atoms with Crippen LogP contribution in [0.2, 0.25) is 0 Å². The largest absolute Gasteiger partial charge is 0.480 e. The minimum Gasteiger partial charge on any atom is -0.480 e. The van der Waals surface area contributed by atoms with E-state index < -0.39 is 5.97 Å². The van der Waals surface area contributed by atoms with Crippen LogP contribution in [0.15, 0.2) is 0 Å². The Bertz CT molecular complexity index is 345. The number of hydrogen-bond donors (Lipinski definition) is 2. The molecule has 2 N–H and O–H groups in total. The van der Waals surface area contributed by atoms with Gasteiger partial charge in [-0.15, -0.1) is 0 Å². The number of ether oxygens (including phenoxy) is 1. The maximum atomic E-state index is 12.1. The monoisotopic (exact) mass is 283 g/mol. The van der Waals surface area contributed by atoms with Gasteiger partial charge in [-0.25, -0.2) is 4.79 Å². The second-order valence-electron chi connectivity index (χ2n) is 6.05. The van der Waals surface area contributed by atoms with Crippen LogP contribution in [0, 0.1) is 17.8 Å². The Morgan fingerprint density at radius 2 is 1.85 bits per heavy atom. The van der Waals surface area contributed by atoms with Gasteiger partial charge in [-0.3, -0.25) is 4.79 Å². The van der Waals surface area contributed by atoms with E-state index in [1.54, 1.807) is 0 Å². The lowest BCUT2D eigenvalue weighted by atomic mass is 9.67. The van der Waals surface area contributed by atoms with Gasteiger partial charge in [0.1, 0.15) is 6.61 Å². The maximum absolute atomic E-state index is 12.1. The minimum atomic E-state index is -0.980. The molecule has 0 aromatic carbocycles. The molecule has 2 fully saturated rings. The van der Waals surface area contributed by atoms with E-state index >= 15 is 0 Å². The van der Waals surface area contributed by atoms with Crippen LogP contribution in [-0.4, -0.2) is 36.7 Å². The second-order valence-corrected chi connectivity index (χ2v) is 6.05. The number of hydrogen-bond acceptors (Lipinski definition) is 3. The zero-order chi connectivity index (χ0) is 14.4. The normalized spacial score (nSPS) is 29.5. The summed E-state index contributed by atoms with van der Waals surface area (Å²) in [5.74, 6) is 0.886. The van der Waals surface area contributed by atoms with Crippen LogP contribution in [-0.2, 0) is 14.3 Å². The predicted molar refractivity (Wildman–Crippen MR) is 74.3 cm³/mol. The summed E-state index contributed by atoms with van der Waals surface area (Å²) in [5, 5.41) is 11.3. The zero-order valence-corrected chi connectivity index (χ0v) is 12.0. The molecule has 0 bridgehead atoms. The molecule has 0 aromatic heterocycles. The van der Waals surface area contributed by atoms with Crippen LogP contribution in [0.3, 0.4) is 0 Å². The van der Waals surface area contributed by atoms with E-state index in [4.69, 9.17) is 9.84 Å². The van der Waals surface area contributed by atoms with Crippen molar-refractivity contribution < 1.29 is 19.4 Å². The van der Waals surface area contributed by atoms with Gasteiger partial charge >= 0.3 is 5.97 Å². The smallest absolute Gasteiger partial charge is 0.329 e. The number of carbonyl (C=O) groups is 2. The minimum absolute atomic E-state index is 0.118. The molecular weight excluding hydrogens is 258 g/mol. The molecule has 0 aromatic rings. The molecule has 0 heterocycles. The third-order valence-electron chi connectivity index (χ3n) is 4.68. The Labute approximate surface area is 120 Å². The maximum Gasteiger partial charge on any atom is 0.329 e. The molecule has 2 saturated carbocycles. The van der Waals surface area contributed by atoms with Crippen LogP contribution >= 0.6 is 0 Å². The number of carboxylic acid groups (broad SMARTS) is 1. The van der Waals surface area contributed by atoms with E-state index in [0.717, 1.165) is 24.7 Å². The van der Waals surface area contributed by atoms with Gasteiger partial charge in [-0.05, 0) is 31.1 Å². The van der Waals surface area contributed by atoms with Crippen molar-refractivity contribution in [3.8, 4) is 0 Å². The first-order valence-corrected chi connectivity index (χ1v) is 7.74. The summed E-state index contributed by atoms with van der Waals surface area (Å²) in [5.41, 5.74) is 0. The van der Waals surface area contributed by atoms with Crippen LogP contribution < -0.4 is 5.32 Å².